The van der Waals surface area contributed by atoms with Gasteiger partial charge in [-0.1, -0.05) is 29.4 Å². The summed E-state index contributed by atoms with van der Waals surface area (Å²) in [5, 5.41) is 4.60. The molecule has 1 fully saturated rings. The molecule has 0 spiro atoms. The van der Waals surface area contributed by atoms with Crippen molar-refractivity contribution in [3.63, 3.8) is 0 Å². The Kier molecular flexibility index (Phi) is 5.36. The number of urea groups is 1. The number of carbonyl (C=O) groups is 1. The Morgan fingerprint density at radius 3 is 2.44 bits per heavy atom. The Hall–Kier alpha value is -2.62. The van der Waals surface area contributed by atoms with E-state index in [9.17, 15) is 18.0 Å². The van der Waals surface area contributed by atoms with Crippen LogP contribution in [0.5, 0.6) is 0 Å². The van der Waals surface area contributed by atoms with Crippen LogP contribution in [0.15, 0.2) is 28.8 Å². The van der Waals surface area contributed by atoms with Crippen molar-refractivity contribution in [2.24, 2.45) is 0 Å². The van der Waals surface area contributed by atoms with Crippen molar-refractivity contribution in [3.8, 4) is 11.4 Å². The van der Waals surface area contributed by atoms with Crippen LogP contribution >= 0.6 is 0 Å². The van der Waals surface area contributed by atoms with E-state index < -0.39 is 12.1 Å². The number of hydrogen-bond acceptors (Lipinski definition) is 5. The molecule has 0 radical (unpaired) electrons. The lowest BCUT2D eigenvalue weighted by Crippen LogP contribution is -2.43. The van der Waals surface area contributed by atoms with Crippen LogP contribution < -0.4 is 0 Å². The van der Waals surface area contributed by atoms with Crippen LogP contribution in [-0.4, -0.2) is 45.8 Å². The molecule has 0 saturated heterocycles. The van der Waals surface area contributed by atoms with Gasteiger partial charge < -0.3 is 9.42 Å². The SMILES string of the molecule is CCN(C(=O)N(Cc1ccc(-c2noc(C(F)(F)F)n2)cc1)OC)C1CC1. The topological polar surface area (TPSA) is 71.7 Å². The van der Waals surface area contributed by atoms with E-state index in [2.05, 4.69) is 14.7 Å². The summed E-state index contributed by atoms with van der Waals surface area (Å²) in [5.74, 6) is -1.54. The summed E-state index contributed by atoms with van der Waals surface area (Å²) in [4.78, 5) is 22.9. The van der Waals surface area contributed by atoms with Crippen molar-refractivity contribution in [3.05, 3.63) is 35.7 Å². The van der Waals surface area contributed by atoms with Gasteiger partial charge in [0.05, 0.1) is 13.7 Å². The van der Waals surface area contributed by atoms with Gasteiger partial charge in [0, 0.05) is 18.2 Å². The minimum atomic E-state index is -4.68. The lowest BCUT2D eigenvalue weighted by molar-refractivity contribution is -0.159. The van der Waals surface area contributed by atoms with Crippen LogP contribution in [-0.2, 0) is 17.6 Å². The Morgan fingerprint density at radius 2 is 1.96 bits per heavy atom. The van der Waals surface area contributed by atoms with E-state index >= 15 is 0 Å². The number of hydrogen-bond donors (Lipinski definition) is 0. The Balaban J connectivity index is 1.69. The summed E-state index contributed by atoms with van der Waals surface area (Å²) in [6.45, 7) is 2.72. The van der Waals surface area contributed by atoms with E-state index in [-0.39, 0.29) is 24.4 Å². The van der Waals surface area contributed by atoms with Crippen LogP contribution in [0.1, 0.15) is 31.2 Å². The average Bonchev–Trinajstić information content (AvgIpc) is 3.33. The van der Waals surface area contributed by atoms with E-state index in [0.29, 0.717) is 12.1 Å². The van der Waals surface area contributed by atoms with Gasteiger partial charge in [-0.2, -0.15) is 23.2 Å². The fourth-order valence-corrected chi connectivity index (χ4v) is 2.67. The second-order valence-corrected chi connectivity index (χ2v) is 6.14. The highest BCUT2D eigenvalue weighted by Gasteiger charge is 2.38. The average molecular weight is 384 g/mol. The fraction of sp³-hybridized carbons (Fsp3) is 0.471. The Bertz CT molecular complexity index is 787. The molecule has 27 heavy (non-hydrogen) atoms. The molecular formula is C17H19F3N4O3. The summed E-state index contributed by atoms with van der Waals surface area (Å²) in [7, 11) is 1.42. The van der Waals surface area contributed by atoms with Crippen LogP contribution in [0.3, 0.4) is 0 Å². The first kappa shape index (κ1) is 19.2. The maximum absolute atomic E-state index is 12.6. The van der Waals surface area contributed by atoms with Crippen LogP contribution in [0.25, 0.3) is 11.4 Å². The lowest BCUT2D eigenvalue weighted by Gasteiger charge is -2.28. The largest absolute Gasteiger partial charge is 0.471 e. The summed E-state index contributed by atoms with van der Waals surface area (Å²) in [6, 6.07) is 6.54. The van der Waals surface area contributed by atoms with E-state index in [1.807, 2.05) is 6.92 Å². The van der Waals surface area contributed by atoms with E-state index in [4.69, 9.17) is 4.84 Å². The molecule has 1 aliphatic rings. The molecular weight excluding hydrogens is 365 g/mol. The fourth-order valence-electron chi connectivity index (χ4n) is 2.67. The zero-order valence-electron chi connectivity index (χ0n) is 14.9. The molecule has 10 heteroatoms. The van der Waals surface area contributed by atoms with Crippen molar-refractivity contribution in [2.45, 2.75) is 38.5 Å². The van der Waals surface area contributed by atoms with Gasteiger partial charge in [-0.3, -0.25) is 4.84 Å². The van der Waals surface area contributed by atoms with Gasteiger partial charge >= 0.3 is 18.1 Å². The minimum Gasteiger partial charge on any atom is -0.329 e. The third-order valence-corrected chi connectivity index (χ3v) is 4.21. The normalized spacial score (nSPS) is 14.3. The Labute approximate surface area is 153 Å². The summed E-state index contributed by atoms with van der Waals surface area (Å²) < 4.78 is 41.9. The number of aromatic nitrogens is 2. The molecule has 7 nitrogen and oxygen atoms in total. The van der Waals surface area contributed by atoms with Crippen molar-refractivity contribution in [1.29, 1.82) is 0 Å². The molecule has 3 rings (SSSR count). The van der Waals surface area contributed by atoms with Crippen molar-refractivity contribution in [2.75, 3.05) is 13.7 Å². The van der Waals surface area contributed by atoms with E-state index in [1.54, 1.807) is 29.2 Å². The molecule has 0 unspecified atom stereocenters. The summed E-state index contributed by atoms with van der Waals surface area (Å²) >= 11 is 0. The second-order valence-electron chi connectivity index (χ2n) is 6.14. The van der Waals surface area contributed by atoms with Crippen molar-refractivity contribution < 1.29 is 27.3 Å². The highest BCUT2D eigenvalue weighted by molar-refractivity contribution is 5.74. The molecule has 146 valence electrons. The van der Waals surface area contributed by atoms with Gasteiger partial charge in [0.2, 0.25) is 5.82 Å². The smallest absolute Gasteiger partial charge is 0.329 e. The quantitative estimate of drug-likeness (QED) is 0.710. The molecule has 2 amide bonds. The zero-order valence-corrected chi connectivity index (χ0v) is 14.9. The molecule has 1 aromatic carbocycles. The van der Waals surface area contributed by atoms with Crippen molar-refractivity contribution >= 4 is 6.03 Å². The predicted molar refractivity (Wildman–Crippen MR) is 88.1 cm³/mol. The maximum atomic E-state index is 12.6. The number of halogens is 3. The lowest BCUT2D eigenvalue weighted by atomic mass is 10.1. The number of benzene rings is 1. The summed E-state index contributed by atoms with van der Waals surface area (Å²) in [5.41, 5.74) is 1.13. The third-order valence-electron chi connectivity index (χ3n) is 4.21. The molecule has 0 aliphatic heterocycles. The molecule has 2 aromatic rings. The number of alkyl halides is 3. The molecule has 1 heterocycles. The van der Waals surface area contributed by atoms with Gasteiger partial charge in [0.15, 0.2) is 0 Å². The predicted octanol–water partition coefficient (Wildman–Crippen LogP) is 3.72. The van der Waals surface area contributed by atoms with Crippen LogP contribution in [0.4, 0.5) is 18.0 Å². The first-order valence-electron chi connectivity index (χ1n) is 8.46. The minimum absolute atomic E-state index is 0.153. The zero-order chi connectivity index (χ0) is 19.6. The van der Waals surface area contributed by atoms with Gasteiger partial charge in [-0.25, -0.2) is 4.79 Å². The van der Waals surface area contributed by atoms with Crippen LogP contribution in [0.2, 0.25) is 0 Å². The number of amides is 2. The van der Waals surface area contributed by atoms with E-state index in [0.717, 1.165) is 18.4 Å². The number of hydroxylamine groups is 2. The molecule has 0 bridgehead atoms. The second kappa shape index (κ2) is 7.55. The van der Waals surface area contributed by atoms with Crippen LogP contribution in [0, 0.1) is 0 Å². The number of nitrogens with zero attached hydrogens (tertiary/aromatic N) is 4. The highest BCUT2D eigenvalue weighted by Crippen LogP contribution is 2.30. The monoisotopic (exact) mass is 384 g/mol. The third kappa shape index (κ3) is 4.38. The van der Waals surface area contributed by atoms with Gasteiger partial charge in [0.1, 0.15) is 0 Å². The first-order chi connectivity index (χ1) is 12.8. The first-order valence-corrected chi connectivity index (χ1v) is 8.46. The molecule has 1 aliphatic carbocycles. The molecule has 1 aromatic heterocycles. The van der Waals surface area contributed by atoms with Gasteiger partial charge in [-0.15, -0.1) is 0 Å². The maximum Gasteiger partial charge on any atom is 0.471 e. The molecule has 0 atom stereocenters. The van der Waals surface area contributed by atoms with E-state index in [1.165, 1.54) is 12.2 Å². The van der Waals surface area contributed by atoms with Gasteiger partial charge in [-0.05, 0) is 25.3 Å². The van der Waals surface area contributed by atoms with Gasteiger partial charge in [0.25, 0.3) is 0 Å². The number of rotatable bonds is 6. The summed E-state index contributed by atoms with van der Waals surface area (Å²) in [6.07, 6.45) is -2.69. The Morgan fingerprint density at radius 1 is 1.30 bits per heavy atom. The van der Waals surface area contributed by atoms with Crippen molar-refractivity contribution in [1.82, 2.24) is 20.1 Å². The molecule has 1 saturated carbocycles. The highest BCUT2D eigenvalue weighted by atomic mass is 19.4. The molecule has 0 N–H and O–H groups in total. The standard InChI is InChI=1S/C17H19F3N4O3/c1-3-23(13-8-9-13)16(25)24(26-2)10-11-4-6-12(7-5-11)14-21-15(27-22-14)17(18,19)20/h4-7,13H,3,8-10H2,1-2H3. The number of carbonyl (C=O) groups excluding carboxylic acids is 1.